The van der Waals surface area contributed by atoms with Gasteiger partial charge in [0.25, 0.3) is 0 Å². The third-order valence-electron chi connectivity index (χ3n) is 2.60. The highest BCUT2D eigenvalue weighted by Gasteiger charge is 2.21. The molecule has 15 heavy (non-hydrogen) atoms. The van der Waals surface area contributed by atoms with E-state index in [1.54, 1.807) is 12.5 Å². The molecule has 0 fully saturated rings. The van der Waals surface area contributed by atoms with E-state index in [4.69, 9.17) is 4.42 Å². The average Bonchev–Trinajstić information content (AvgIpc) is 2.67. The van der Waals surface area contributed by atoms with Crippen molar-refractivity contribution in [1.29, 1.82) is 0 Å². The number of furan rings is 1. The molecule has 1 aromatic heterocycles. The van der Waals surface area contributed by atoms with Crippen molar-refractivity contribution in [3.05, 3.63) is 36.8 Å². The summed E-state index contributed by atoms with van der Waals surface area (Å²) in [6, 6.07) is 2.52. The maximum atomic E-state index is 5.08. The van der Waals surface area contributed by atoms with Gasteiger partial charge in [0, 0.05) is 18.0 Å². The fraction of sp³-hybridized carbons (Fsp3) is 0.538. The second-order valence-corrected chi connectivity index (χ2v) is 4.70. The van der Waals surface area contributed by atoms with Crippen LogP contribution in [0.2, 0.25) is 0 Å². The minimum atomic E-state index is 0.0914. The Labute approximate surface area is 92.4 Å². The van der Waals surface area contributed by atoms with Gasteiger partial charge >= 0.3 is 0 Å². The Morgan fingerprint density at radius 3 is 2.80 bits per heavy atom. The van der Waals surface area contributed by atoms with E-state index in [1.165, 1.54) is 5.56 Å². The summed E-state index contributed by atoms with van der Waals surface area (Å²) in [5.41, 5.74) is 1.32. The van der Waals surface area contributed by atoms with Crippen molar-refractivity contribution in [3.8, 4) is 0 Å². The first kappa shape index (κ1) is 12.1. The Kier molecular flexibility index (Phi) is 4.15. The number of rotatable bonds is 6. The van der Waals surface area contributed by atoms with Gasteiger partial charge in [-0.3, -0.25) is 0 Å². The van der Waals surface area contributed by atoms with Gasteiger partial charge in [0.1, 0.15) is 0 Å². The van der Waals surface area contributed by atoms with E-state index in [0.717, 1.165) is 13.0 Å². The third-order valence-corrected chi connectivity index (χ3v) is 2.60. The van der Waals surface area contributed by atoms with Crippen molar-refractivity contribution in [2.24, 2.45) is 5.41 Å². The van der Waals surface area contributed by atoms with Gasteiger partial charge < -0.3 is 9.73 Å². The van der Waals surface area contributed by atoms with Gasteiger partial charge in [-0.05, 0) is 18.1 Å². The lowest BCUT2D eigenvalue weighted by Crippen LogP contribution is -2.35. The van der Waals surface area contributed by atoms with Crippen LogP contribution in [0.3, 0.4) is 0 Å². The minimum absolute atomic E-state index is 0.0914. The second kappa shape index (κ2) is 5.17. The van der Waals surface area contributed by atoms with Gasteiger partial charge in [0.15, 0.2) is 0 Å². The van der Waals surface area contributed by atoms with Crippen molar-refractivity contribution in [2.75, 3.05) is 6.54 Å². The normalized spacial score (nSPS) is 15.2. The number of nitrogens with one attached hydrogen (secondary N) is 1. The lowest BCUT2D eigenvalue weighted by Gasteiger charge is -2.26. The molecule has 0 saturated carbocycles. The fourth-order valence-corrected chi connectivity index (χ4v) is 1.50. The molecule has 0 spiro atoms. The summed E-state index contributed by atoms with van der Waals surface area (Å²) >= 11 is 0. The van der Waals surface area contributed by atoms with Crippen LogP contribution in [0.5, 0.6) is 0 Å². The third kappa shape index (κ3) is 3.92. The summed E-state index contributed by atoms with van der Waals surface area (Å²) < 4.78 is 5.08. The zero-order valence-electron chi connectivity index (χ0n) is 9.92. The van der Waals surface area contributed by atoms with Crippen molar-refractivity contribution in [2.45, 2.75) is 33.2 Å². The topological polar surface area (TPSA) is 25.2 Å². The summed E-state index contributed by atoms with van der Waals surface area (Å²) in [6.45, 7) is 11.4. The molecule has 1 unspecified atom stereocenters. The maximum Gasteiger partial charge on any atom is 0.0934 e. The van der Waals surface area contributed by atoms with Crippen LogP contribution in [0.4, 0.5) is 0 Å². The van der Waals surface area contributed by atoms with E-state index in [9.17, 15) is 0 Å². The molecule has 0 bridgehead atoms. The molecule has 0 radical (unpaired) electrons. The monoisotopic (exact) mass is 207 g/mol. The second-order valence-electron chi connectivity index (χ2n) is 4.70. The van der Waals surface area contributed by atoms with E-state index in [2.05, 4.69) is 32.7 Å². The van der Waals surface area contributed by atoms with Crippen molar-refractivity contribution >= 4 is 0 Å². The minimum Gasteiger partial charge on any atom is -0.472 e. The van der Waals surface area contributed by atoms with E-state index in [1.807, 2.05) is 12.1 Å². The van der Waals surface area contributed by atoms with Gasteiger partial charge in [-0.2, -0.15) is 0 Å². The maximum absolute atomic E-state index is 5.08. The Morgan fingerprint density at radius 1 is 1.60 bits per heavy atom. The highest BCUT2D eigenvalue weighted by atomic mass is 16.3. The van der Waals surface area contributed by atoms with Crippen molar-refractivity contribution in [3.63, 3.8) is 0 Å². The predicted octanol–water partition coefficient (Wildman–Crippen LogP) is 3.01. The van der Waals surface area contributed by atoms with Gasteiger partial charge in [-0.1, -0.05) is 26.8 Å². The summed E-state index contributed by atoms with van der Waals surface area (Å²) in [7, 11) is 0. The Hall–Kier alpha value is -1.02. The smallest absolute Gasteiger partial charge is 0.0934 e. The molecule has 1 aromatic rings. The van der Waals surface area contributed by atoms with Crippen LogP contribution < -0.4 is 5.32 Å². The van der Waals surface area contributed by atoms with E-state index in [0.29, 0.717) is 6.04 Å². The average molecular weight is 207 g/mol. The van der Waals surface area contributed by atoms with E-state index >= 15 is 0 Å². The van der Waals surface area contributed by atoms with Crippen LogP contribution in [-0.2, 0) is 6.42 Å². The molecule has 1 heterocycles. The Balaban J connectivity index is 2.56. The van der Waals surface area contributed by atoms with Gasteiger partial charge in [0.05, 0.1) is 12.5 Å². The summed E-state index contributed by atoms with van der Waals surface area (Å²) in [5, 5.41) is 3.45. The number of hydrogen-bond donors (Lipinski definition) is 1. The van der Waals surface area contributed by atoms with Crippen LogP contribution >= 0.6 is 0 Å². The molecule has 0 aromatic carbocycles. The Bertz CT molecular complexity index is 289. The summed E-state index contributed by atoms with van der Waals surface area (Å²) in [6.07, 6.45) is 6.51. The van der Waals surface area contributed by atoms with Crippen LogP contribution in [0.1, 0.15) is 26.3 Å². The van der Waals surface area contributed by atoms with E-state index in [-0.39, 0.29) is 5.41 Å². The first-order chi connectivity index (χ1) is 7.06. The largest absolute Gasteiger partial charge is 0.472 e. The zero-order valence-corrected chi connectivity index (χ0v) is 9.92. The summed E-state index contributed by atoms with van der Waals surface area (Å²) in [5.74, 6) is 0. The summed E-state index contributed by atoms with van der Waals surface area (Å²) in [4.78, 5) is 0. The highest BCUT2D eigenvalue weighted by Crippen LogP contribution is 2.23. The van der Waals surface area contributed by atoms with Crippen molar-refractivity contribution in [1.82, 2.24) is 5.32 Å². The molecule has 0 aliphatic heterocycles. The molecule has 0 aliphatic carbocycles. The van der Waals surface area contributed by atoms with Crippen LogP contribution in [0.15, 0.2) is 35.7 Å². The first-order valence-electron chi connectivity index (χ1n) is 5.44. The quantitative estimate of drug-likeness (QED) is 0.725. The van der Waals surface area contributed by atoms with Crippen LogP contribution in [0, 0.1) is 5.41 Å². The molecule has 84 valence electrons. The van der Waals surface area contributed by atoms with Crippen LogP contribution in [0.25, 0.3) is 0 Å². The molecular formula is C13H21NO. The molecule has 2 nitrogen and oxygen atoms in total. The lowest BCUT2D eigenvalue weighted by atomic mass is 9.84. The molecule has 1 atom stereocenters. The first-order valence-corrected chi connectivity index (χ1v) is 5.44. The predicted molar refractivity (Wildman–Crippen MR) is 63.9 cm³/mol. The van der Waals surface area contributed by atoms with E-state index < -0.39 is 0 Å². The molecule has 0 amide bonds. The number of hydrogen-bond acceptors (Lipinski definition) is 2. The Morgan fingerprint density at radius 2 is 2.33 bits per heavy atom. The molecule has 0 aliphatic rings. The fourth-order valence-electron chi connectivity index (χ4n) is 1.50. The molecule has 1 rings (SSSR count). The van der Waals surface area contributed by atoms with Gasteiger partial charge in [0.2, 0.25) is 0 Å². The zero-order chi connectivity index (χ0) is 11.3. The lowest BCUT2D eigenvalue weighted by molar-refractivity contribution is 0.372. The van der Waals surface area contributed by atoms with Gasteiger partial charge in [-0.15, -0.1) is 6.58 Å². The van der Waals surface area contributed by atoms with Gasteiger partial charge in [-0.25, -0.2) is 0 Å². The highest BCUT2D eigenvalue weighted by molar-refractivity contribution is 5.11. The molecule has 1 N–H and O–H groups in total. The van der Waals surface area contributed by atoms with Crippen molar-refractivity contribution < 1.29 is 4.42 Å². The molecule has 2 heteroatoms. The SMILES string of the molecule is C=CC(C)(CNC(C)C)Cc1ccoc1. The molecule has 0 saturated heterocycles. The van der Waals surface area contributed by atoms with Crippen LogP contribution in [-0.4, -0.2) is 12.6 Å². The molecular weight excluding hydrogens is 186 g/mol. The standard InChI is InChI=1S/C13H21NO/c1-5-13(4,10-14-11(2)3)8-12-6-7-15-9-12/h5-7,9,11,14H,1,8,10H2,2-4H3.